The van der Waals surface area contributed by atoms with Gasteiger partial charge in [-0.15, -0.1) is 0 Å². The van der Waals surface area contributed by atoms with E-state index in [2.05, 4.69) is 87.6 Å². The summed E-state index contributed by atoms with van der Waals surface area (Å²) in [5.74, 6) is -1.99. The highest BCUT2D eigenvalue weighted by Crippen LogP contribution is 2.36. The van der Waals surface area contributed by atoms with E-state index in [9.17, 15) is 29.1 Å². The molecule has 2 aromatic rings. The van der Waals surface area contributed by atoms with Crippen molar-refractivity contribution in [1.29, 1.82) is 0 Å². The van der Waals surface area contributed by atoms with Crippen LogP contribution in [0.15, 0.2) is 54.6 Å². The molecule has 18 heteroatoms. The number of nitrogens with one attached hydrogen (secondary N) is 5. The van der Waals surface area contributed by atoms with Gasteiger partial charge in [0.15, 0.2) is 0 Å². The monoisotopic (exact) mass is 919 g/mol. The smallest absolute Gasteiger partial charge is 0.262 e. The molecule has 0 aromatic heterocycles. The second-order valence-electron chi connectivity index (χ2n) is 20.4. The Morgan fingerprint density at radius 1 is 0.746 bits per heavy atom. The van der Waals surface area contributed by atoms with Crippen molar-refractivity contribution in [3.05, 3.63) is 65.7 Å². The normalized spacial score (nSPS) is 34.2. The maximum Gasteiger partial charge on any atom is 0.262 e. The maximum absolute atomic E-state index is 13.8. The Morgan fingerprint density at radius 2 is 1.49 bits per heavy atom. The average Bonchev–Trinajstić information content (AvgIpc) is 4.01. The Kier molecular flexibility index (Phi) is 12.1. The number of amides is 5. The summed E-state index contributed by atoms with van der Waals surface area (Å²) < 4.78 is 0. The molecule has 2 aromatic carbocycles. The fraction of sp³-hybridized carbons (Fsp3) is 0.612. The zero-order chi connectivity index (χ0) is 46.0. The molecule has 7 fully saturated rings. The molecule has 7 unspecified atom stereocenters. The van der Waals surface area contributed by atoms with Crippen LogP contribution in [-0.2, 0) is 14.4 Å². The quantitative estimate of drug-likeness (QED) is 0.173. The highest BCUT2D eigenvalue weighted by molar-refractivity contribution is 6.23. The molecule has 9 aliphatic rings. The van der Waals surface area contributed by atoms with Crippen molar-refractivity contribution in [2.24, 2.45) is 5.92 Å². The van der Waals surface area contributed by atoms with Crippen LogP contribution in [0, 0.1) is 5.92 Å². The third kappa shape index (κ3) is 8.52. The molecule has 0 radical (unpaired) electrons. The van der Waals surface area contributed by atoms with Crippen LogP contribution in [-0.4, -0.2) is 173 Å². The second-order valence-corrected chi connectivity index (χ2v) is 20.4. The van der Waals surface area contributed by atoms with E-state index in [1.807, 2.05) is 18.0 Å². The molecule has 2 bridgehead atoms. The van der Waals surface area contributed by atoms with Crippen LogP contribution >= 0.6 is 0 Å². The Labute approximate surface area is 392 Å². The molecule has 0 saturated carbocycles. The Bertz CT molecular complexity index is 2280. The van der Waals surface area contributed by atoms with Gasteiger partial charge >= 0.3 is 0 Å². The van der Waals surface area contributed by atoms with Gasteiger partial charge in [0.2, 0.25) is 17.7 Å². The van der Waals surface area contributed by atoms with Gasteiger partial charge in [-0.2, -0.15) is 5.01 Å². The van der Waals surface area contributed by atoms with Crippen LogP contribution < -0.4 is 36.4 Å². The van der Waals surface area contributed by atoms with Gasteiger partial charge in [-0.3, -0.25) is 64.9 Å². The number of carbonyl (C=O) groups excluding carboxylic acids is 5. The molecule has 6 N–H and O–H groups in total. The lowest BCUT2D eigenvalue weighted by molar-refractivity contribution is -0.146. The number of nitrogens with zero attached hydrogens (tertiary/aromatic N) is 7. The number of carbonyl (C=O) groups is 5. The number of piperazine rings is 1. The number of likely N-dealkylation sites (tertiary alicyclic amines) is 1. The van der Waals surface area contributed by atoms with Crippen molar-refractivity contribution in [2.75, 3.05) is 80.6 Å². The molecular weight excluding hydrogens is 853 g/mol. The summed E-state index contributed by atoms with van der Waals surface area (Å²) in [6, 6.07) is 14.2. The molecule has 7 saturated heterocycles. The number of rotatable bonds is 7. The van der Waals surface area contributed by atoms with Gasteiger partial charge in [-0.25, -0.2) is 0 Å². The standard InChI is InChI=1S/C49H66N12O6/c1-49(67)19-3-2-4-20-59-45(64)38-29-50-48(54-43(38)61(59)41-7-5-6-40(49)52-41)51-31-8-10-32(11-9-31)56-24-26-57(27-25-56)35-18-23-58(30-35)33-16-21-55(22-17-33)34-12-13-36-37(28-34)47(66)60(46(36)65)39-14-15-42(62)53-44(39)63/h2,4,8-13,28,33,35,38-41,43,48,50-52,54,67H,3,5-7,14-27,29-30H2,1H3,(H,53,62,63)/b4-2-/t35?,38?,39?,40?,41?,43?,48?,49-/m1/s1. The van der Waals surface area contributed by atoms with Gasteiger partial charge in [0.1, 0.15) is 12.3 Å². The topological polar surface area (TPSA) is 188 Å². The minimum Gasteiger partial charge on any atom is -0.389 e. The maximum atomic E-state index is 13.8. The zero-order valence-corrected chi connectivity index (χ0v) is 38.6. The van der Waals surface area contributed by atoms with Gasteiger partial charge in [0.05, 0.1) is 41.5 Å². The van der Waals surface area contributed by atoms with Gasteiger partial charge < -0.3 is 20.2 Å². The van der Waals surface area contributed by atoms with E-state index in [1.54, 1.807) is 12.1 Å². The summed E-state index contributed by atoms with van der Waals surface area (Å²) in [4.78, 5) is 75.8. The van der Waals surface area contributed by atoms with E-state index >= 15 is 0 Å². The van der Waals surface area contributed by atoms with Crippen LogP contribution in [0.5, 0.6) is 0 Å². The van der Waals surface area contributed by atoms with Crippen LogP contribution in [0.3, 0.4) is 0 Å². The van der Waals surface area contributed by atoms with Gasteiger partial charge in [0, 0.05) is 101 Å². The summed E-state index contributed by atoms with van der Waals surface area (Å²) in [7, 11) is 0. The predicted octanol–water partition coefficient (Wildman–Crippen LogP) is 1.41. The number of anilines is 3. The fourth-order valence-electron chi connectivity index (χ4n) is 12.6. The van der Waals surface area contributed by atoms with Crippen LogP contribution in [0.4, 0.5) is 17.1 Å². The minimum atomic E-state index is -0.964. The molecule has 11 rings (SSSR count). The number of fused-ring (bicyclic) bond motifs is 7. The number of piperidine rings is 3. The number of imide groups is 2. The summed E-state index contributed by atoms with van der Waals surface area (Å²) in [6.07, 6.45) is 11.5. The molecule has 0 spiro atoms. The second kappa shape index (κ2) is 18.2. The predicted molar refractivity (Wildman–Crippen MR) is 251 cm³/mol. The zero-order valence-electron chi connectivity index (χ0n) is 38.6. The van der Waals surface area contributed by atoms with Crippen molar-refractivity contribution >= 4 is 46.6 Å². The van der Waals surface area contributed by atoms with Crippen molar-refractivity contribution in [2.45, 2.75) is 120 Å². The number of aliphatic hydroxyl groups is 1. The first-order valence-electron chi connectivity index (χ1n) is 24.9. The van der Waals surface area contributed by atoms with E-state index in [1.165, 1.54) is 12.1 Å². The van der Waals surface area contributed by atoms with Crippen LogP contribution in [0.2, 0.25) is 0 Å². The van der Waals surface area contributed by atoms with Crippen molar-refractivity contribution < 1.29 is 29.1 Å². The molecule has 358 valence electrons. The van der Waals surface area contributed by atoms with Crippen molar-refractivity contribution in [3.63, 3.8) is 0 Å². The largest absolute Gasteiger partial charge is 0.389 e. The summed E-state index contributed by atoms with van der Waals surface area (Å²) in [6.45, 7) is 11.0. The number of hydrogen-bond donors (Lipinski definition) is 6. The highest BCUT2D eigenvalue weighted by atomic mass is 16.3. The molecule has 0 aliphatic carbocycles. The van der Waals surface area contributed by atoms with Gasteiger partial charge in [-0.1, -0.05) is 12.2 Å². The first kappa shape index (κ1) is 44.5. The minimum absolute atomic E-state index is 0.0252. The van der Waals surface area contributed by atoms with Crippen molar-refractivity contribution in [3.8, 4) is 0 Å². The molecule has 9 heterocycles. The Hall–Kier alpha value is -4.95. The number of hydrazine groups is 1. The molecule has 67 heavy (non-hydrogen) atoms. The first-order valence-corrected chi connectivity index (χ1v) is 24.9. The van der Waals surface area contributed by atoms with E-state index < -0.39 is 29.4 Å². The van der Waals surface area contributed by atoms with Crippen LogP contribution in [0.25, 0.3) is 0 Å². The average molecular weight is 919 g/mol. The molecule has 8 atom stereocenters. The SMILES string of the molecule is C[C@@]1(O)CC/C=C\CN2C(=O)C3CNC(Nc4ccc(N5CCN(C6CCN(C7CCN(c8ccc9c(c8)C(=O)N(C8CCC(=O)NC8=O)C9=O)CC7)C6)CC5)cc4)NC3N2C2CCCC1N2. The lowest BCUT2D eigenvalue weighted by Gasteiger charge is -2.47. The summed E-state index contributed by atoms with van der Waals surface area (Å²) in [5, 5.41) is 32.5. The molecule has 5 amide bonds. The lowest BCUT2D eigenvalue weighted by Crippen LogP contribution is -2.69. The third-order valence-corrected chi connectivity index (χ3v) is 16.4. The summed E-state index contributed by atoms with van der Waals surface area (Å²) >= 11 is 0. The van der Waals surface area contributed by atoms with Crippen LogP contribution in [0.1, 0.15) is 91.8 Å². The Morgan fingerprint density at radius 3 is 2.28 bits per heavy atom. The highest BCUT2D eigenvalue weighted by Gasteiger charge is 2.53. The van der Waals surface area contributed by atoms with E-state index in [-0.39, 0.29) is 55.2 Å². The van der Waals surface area contributed by atoms with Gasteiger partial charge in [-0.05, 0) is 107 Å². The molecule has 18 nitrogen and oxygen atoms in total. The van der Waals surface area contributed by atoms with Crippen molar-refractivity contribution in [1.82, 2.24) is 46.0 Å². The molecule has 9 aliphatic heterocycles. The van der Waals surface area contributed by atoms with E-state index in [4.69, 9.17) is 0 Å². The van der Waals surface area contributed by atoms with E-state index in [0.29, 0.717) is 42.7 Å². The Balaban J connectivity index is 0.642. The van der Waals surface area contributed by atoms with Gasteiger partial charge in [0.25, 0.3) is 11.8 Å². The first-order chi connectivity index (χ1) is 32.5. The number of allylic oxidation sites excluding steroid dienone is 1. The third-order valence-electron chi connectivity index (χ3n) is 16.4. The summed E-state index contributed by atoms with van der Waals surface area (Å²) in [5.41, 5.74) is 2.98. The van der Waals surface area contributed by atoms with E-state index in [0.717, 1.165) is 107 Å². The fourth-order valence-corrected chi connectivity index (χ4v) is 12.6. The number of benzene rings is 2. The molecular formula is C49H66N12O6. The lowest BCUT2D eigenvalue weighted by atomic mass is 9.85. The number of hydrogen-bond acceptors (Lipinski definition) is 15.